The van der Waals surface area contributed by atoms with Crippen LogP contribution in [-0.2, 0) is 6.14 Å². The van der Waals surface area contributed by atoms with E-state index in [-0.39, 0.29) is 17.9 Å². The Balaban J connectivity index is 2.19. The van der Waals surface area contributed by atoms with Crippen LogP contribution in [0.15, 0.2) is 12.1 Å². The van der Waals surface area contributed by atoms with Crippen molar-refractivity contribution in [1.29, 1.82) is 0 Å². The van der Waals surface area contributed by atoms with E-state index in [0.29, 0.717) is 6.42 Å². The van der Waals surface area contributed by atoms with Gasteiger partial charge in [-0.25, -0.2) is 15.7 Å². The fourth-order valence-electron chi connectivity index (χ4n) is 3.97. The number of hydrogen-bond donors (Lipinski definition) is 2. The van der Waals surface area contributed by atoms with Crippen molar-refractivity contribution in [1.82, 2.24) is 0 Å². The van der Waals surface area contributed by atoms with Crippen molar-refractivity contribution < 1.29 is 30.7 Å². The lowest BCUT2D eigenvalue weighted by atomic mass is 10.0. The summed E-state index contributed by atoms with van der Waals surface area (Å²) in [6, 6.07) is 1.96. The molecule has 0 saturated heterocycles. The lowest BCUT2D eigenvalue weighted by molar-refractivity contribution is 0.0695. The lowest BCUT2D eigenvalue weighted by Gasteiger charge is -2.11. The highest BCUT2D eigenvalue weighted by Crippen LogP contribution is 2.33. The van der Waals surface area contributed by atoms with Crippen LogP contribution in [0.3, 0.4) is 0 Å². The van der Waals surface area contributed by atoms with Crippen molar-refractivity contribution in [2.75, 3.05) is 6.61 Å². The van der Waals surface area contributed by atoms with Crippen molar-refractivity contribution >= 4 is 31.7 Å². The molecule has 0 unspecified atom stereocenters. The van der Waals surface area contributed by atoms with E-state index in [1.807, 2.05) is 0 Å². The van der Waals surface area contributed by atoms with Gasteiger partial charge in [-0.2, -0.15) is 0 Å². The molecule has 1 aromatic rings. The first-order chi connectivity index (χ1) is 16.4. The summed E-state index contributed by atoms with van der Waals surface area (Å²) in [4.78, 5) is 22.6. The van der Waals surface area contributed by atoms with Gasteiger partial charge in [-0.3, -0.25) is 0 Å². The van der Waals surface area contributed by atoms with Crippen molar-refractivity contribution in [3.05, 3.63) is 26.8 Å². The standard InChI is InChI=1S/C26H41IO7/c1-2-3-4-5-6-7-8-9-10-11-12-13-14-15-16-17-18-34-23-20-21(25(28)29)19-22(26(30)31)24(23)27(32)33/h19-20H,2-18H2,1H3,(H,28,29)(H,30,31). The second-order valence-corrected chi connectivity index (χ2v) is 11.1. The quantitative estimate of drug-likeness (QED) is 0.109. The summed E-state index contributed by atoms with van der Waals surface area (Å²) >= 11 is -4.20. The van der Waals surface area contributed by atoms with Gasteiger partial charge in [-0.1, -0.05) is 103 Å². The molecule has 0 bridgehead atoms. The molecule has 0 saturated carbocycles. The average molecular weight is 593 g/mol. The van der Waals surface area contributed by atoms with Crippen LogP contribution in [0, 0.1) is 3.57 Å². The maximum Gasteiger partial charge on any atom is 0.345 e. The number of halogens is 1. The second-order valence-electron chi connectivity index (χ2n) is 8.82. The van der Waals surface area contributed by atoms with Gasteiger partial charge < -0.3 is 14.9 Å². The van der Waals surface area contributed by atoms with E-state index < -0.39 is 40.9 Å². The van der Waals surface area contributed by atoms with Gasteiger partial charge in [-0.05, 0) is 18.6 Å². The molecule has 0 spiro atoms. The molecule has 1 rings (SSSR count). The highest BCUT2D eigenvalue weighted by atomic mass is 127. The van der Waals surface area contributed by atoms with E-state index in [9.17, 15) is 25.9 Å². The van der Waals surface area contributed by atoms with Crippen LogP contribution in [0.2, 0.25) is 0 Å². The smallest absolute Gasteiger partial charge is 0.345 e. The van der Waals surface area contributed by atoms with Crippen LogP contribution in [0.4, 0.5) is 0 Å². The number of hydrogen-bond acceptors (Lipinski definition) is 5. The van der Waals surface area contributed by atoms with Crippen LogP contribution in [-0.4, -0.2) is 28.8 Å². The van der Waals surface area contributed by atoms with Gasteiger partial charge in [-0.15, -0.1) is 0 Å². The molecule has 194 valence electrons. The SMILES string of the molecule is CCCCCCCCCCCCCCCCCCOc1cc(C(=O)O)cc(C(=O)O)c1I(=O)=O. The Morgan fingerprint density at radius 2 is 1.15 bits per heavy atom. The molecule has 0 radical (unpaired) electrons. The van der Waals surface area contributed by atoms with Crippen LogP contribution in [0.25, 0.3) is 0 Å². The Morgan fingerprint density at radius 3 is 1.53 bits per heavy atom. The Labute approximate surface area is 210 Å². The topological polar surface area (TPSA) is 118 Å². The number of rotatable bonds is 21. The maximum absolute atomic E-state index is 11.6. The van der Waals surface area contributed by atoms with E-state index in [1.165, 1.54) is 77.0 Å². The molecule has 7 nitrogen and oxygen atoms in total. The summed E-state index contributed by atoms with van der Waals surface area (Å²) < 4.78 is 28.4. The minimum absolute atomic E-state index is 0.173. The van der Waals surface area contributed by atoms with Gasteiger partial charge >= 0.3 is 31.7 Å². The number of unbranched alkanes of at least 4 members (excludes halogenated alkanes) is 15. The molecule has 0 aliphatic carbocycles. The van der Waals surface area contributed by atoms with Gasteiger partial charge in [0.05, 0.1) is 17.7 Å². The number of ether oxygens (including phenoxy) is 1. The normalized spacial score (nSPS) is 11.1. The maximum atomic E-state index is 11.6. The van der Waals surface area contributed by atoms with Gasteiger partial charge in [0.2, 0.25) is 0 Å². The highest BCUT2D eigenvalue weighted by molar-refractivity contribution is 14.2. The summed E-state index contributed by atoms with van der Waals surface area (Å²) in [7, 11) is 0. The van der Waals surface area contributed by atoms with Crippen molar-refractivity contribution in [3.63, 3.8) is 0 Å². The Hall–Kier alpha value is -1.71. The molecule has 0 aromatic heterocycles. The van der Waals surface area contributed by atoms with Crippen LogP contribution < -0.4 is 4.74 Å². The third-order valence-electron chi connectivity index (χ3n) is 5.93. The zero-order valence-electron chi connectivity index (χ0n) is 20.5. The highest BCUT2D eigenvalue weighted by Gasteiger charge is 2.23. The summed E-state index contributed by atoms with van der Waals surface area (Å²) in [6.07, 6.45) is 19.8. The predicted octanol–water partition coefficient (Wildman–Crippen LogP) is 8.09. The number of carboxylic acid groups (broad SMARTS) is 2. The number of benzene rings is 1. The molecule has 0 aliphatic rings. The second kappa shape index (κ2) is 18.6. The van der Waals surface area contributed by atoms with E-state index in [1.54, 1.807) is 0 Å². The van der Waals surface area contributed by atoms with Gasteiger partial charge in [0, 0.05) is 0 Å². The fourth-order valence-corrected chi connectivity index (χ4v) is 5.58. The fraction of sp³-hybridized carbons (Fsp3) is 0.692. The van der Waals surface area contributed by atoms with Crippen molar-refractivity contribution in [3.8, 4) is 5.75 Å². The molecule has 1 aromatic carbocycles. The first kappa shape index (κ1) is 30.3. The summed E-state index contributed by atoms with van der Waals surface area (Å²) in [5.41, 5.74) is -0.849. The van der Waals surface area contributed by atoms with Crippen LogP contribution in [0.5, 0.6) is 5.75 Å². The molecule has 8 heteroatoms. The molecule has 2 N–H and O–H groups in total. The van der Waals surface area contributed by atoms with Crippen molar-refractivity contribution in [2.45, 2.75) is 110 Å². The third-order valence-corrected chi connectivity index (χ3v) is 7.92. The van der Waals surface area contributed by atoms with E-state index in [4.69, 9.17) is 4.74 Å². The summed E-state index contributed by atoms with van der Waals surface area (Å²) in [5.74, 6) is -2.99. The number of aromatic carboxylic acids is 2. The predicted molar refractivity (Wildman–Crippen MR) is 139 cm³/mol. The minimum Gasteiger partial charge on any atom is -0.492 e. The average Bonchev–Trinajstić information content (AvgIpc) is 2.80. The minimum atomic E-state index is -4.20. The molecular weight excluding hydrogens is 551 g/mol. The van der Waals surface area contributed by atoms with Gasteiger partial charge in [0.15, 0.2) is 0 Å². The third kappa shape index (κ3) is 12.7. The summed E-state index contributed by atoms with van der Waals surface area (Å²) in [6.45, 7) is 2.47. The zero-order valence-corrected chi connectivity index (χ0v) is 22.6. The number of carbonyl (C=O) groups is 2. The van der Waals surface area contributed by atoms with Gasteiger partial charge in [0.25, 0.3) is 0 Å². The molecule has 0 heterocycles. The Bertz CT molecular complexity index is 810. The zero-order chi connectivity index (χ0) is 25.2. The largest absolute Gasteiger partial charge is 0.492 e. The molecule has 34 heavy (non-hydrogen) atoms. The monoisotopic (exact) mass is 592 g/mol. The van der Waals surface area contributed by atoms with E-state index in [2.05, 4.69) is 6.92 Å². The molecular formula is C26H41IO7. The molecule has 0 amide bonds. The Kier molecular flexibility index (Phi) is 16.6. The van der Waals surface area contributed by atoms with E-state index >= 15 is 0 Å². The molecule has 0 atom stereocenters. The van der Waals surface area contributed by atoms with Crippen LogP contribution in [0.1, 0.15) is 130 Å². The first-order valence-corrected chi connectivity index (χ1v) is 15.5. The molecule has 0 fully saturated rings. The summed E-state index contributed by atoms with van der Waals surface area (Å²) in [5, 5.41) is 18.4. The van der Waals surface area contributed by atoms with Crippen molar-refractivity contribution in [2.24, 2.45) is 0 Å². The number of carboxylic acids is 2. The molecule has 0 aliphatic heterocycles. The Morgan fingerprint density at radius 1 is 0.706 bits per heavy atom. The van der Waals surface area contributed by atoms with E-state index in [0.717, 1.165) is 31.4 Å². The van der Waals surface area contributed by atoms with Crippen LogP contribution >= 0.6 is 19.8 Å². The first-order valence-electron chi connectivity index (χ1n) is 12.7. The lowest BCUT2D eigenvalue weighted by Crippen LogP contribution is -2.09. The van der Waals surface area contributed by atoms with Gasteiger partial charge in [0.1, 0.15) is 9.32 Å².